The third-order valence-corrected chi connectivity index (χ3v) is 6.20. The molecule has 0 radical (unpaired) electrons. The highest BCUT2D eigenvalue weighted by atomic mass is 32.1. The molecule has 1 saturated carbocycles. The maximum Gasteiger partial charge on any atom is 0.206 e. The van der Waals surface area contributed by atoms with Gasteiger partial charge < -0.3 is 9.47 Å². The van der Waals surface area contributed by atoms with Crippen LogP contribution in [0.1, 0.15) is 45.4 Å². The maximum atomic E-state index is 5.63. The quantitative estimate of drug-likeness (QED) is 0.535. The van der Waals surface area contributed by atoms with Crippen LogP contribution in [0.5, 0.6) is 11.5 Å². The summed E-state index contributed by atoms with van der Waals surface area (Å²) in [5.74, 6) is 2.38. The SMILES string of the molecule is C=CCN=c1scc(-c2ccc(OC)cc2OC)n1N=C1CCC(CCC)CC1. The number of nitrogens with zero attached hydrogens (tertiary/aromatic N) is 3. The topological polar surface area (TPSA) is 48.1 Å². The van der Waals surface area contributed by atoms with E-state index in [4.69, 9.17) is 14.6 Å². The second kappa shape index (κ2) is 10.4. The molecule has 1 fully saturated rings. The average molecular weight is 414 g/mol. The van der Waals surface area contributed by atoms with Crippen molar-refractivity contribution in [3.8, 4) is 22.8 Å². The van der Waals surface area contributed by atoms with Crippen LogP contribution in [-0.4, -0.2) is 31.2 Å². The largest absolute Gasteiger partial charge is 0.497 e. The minimum Gasteiger partial charge on any atom is -0.497 e. The summed E-state index contributed by atoms with van der Waals surface area (Å²) in [7, 11) is 3.34. The Hall–Kier alpha value is -2.34. The molecule has 0 spiro atoms. The number of rotatable bonds is 8. The van der Waals surface area contributed by atoms with E-state index in [-0.39, 0.29) is 0 Å². The fourth-order valence-corrected chi connectivity index (χ4v) is 4.62. The molecule has 1 aromatic heterocycles. The standard InChI is InChI=1S/C23H31N3O2S/c1-5-7-17-8-10-18(11-9-17)25-26-21(16-29-23(26)24-14-6-2)20-13-12-19(27-3)15-22(20)28-4/h6,12-13,15-17H,2,5,7-11,14H2,1,3-4H3. The molecular formula is C23H31N3O2S. The van der Waals surface area contributed by atoms with Gasteiger partial charge in [0.15, 0.2) is 0 Å². The monoisotopic (exact) mass is 413 g/mol. The van der Waals surface area contributed by atoms with Crippen molar-refractivity contribution in [2.45, 2.75) is 45.4 Å². The van der Waals surface area contributed by atoms with Gasteiger partial charge in [-0.05, 0) is 43.7 Å². The molecule has 1 heterocycles. The second-order valence-corrected chi connectivity index (χ2v) is 8.15. The molecule has 29 heavy (non-hydrogen) atoms. The van der Waals surface area contributed by atoms with E-state index in [1.807, 2.05) is 22.9 Å². The molecule has 156 valence electrons. The van der Waals surface area contributed by atoms with Crippen LogP contribution in [0.3, 0.4) is 0 Å². The van der Waals surface area contributed by atoms with Crippen LogP contribution in [0, 0.1) is 5.92 Å². The van der Waals surface area contributed by atoms with Gasteiger partial charge in [-0.3, -0.25) is 4.99 Å². The smallest absolute Gasteiger partial charge is 0.206 e. The summed E-state index contributed by atoms with van der Waals surface area (Å²) in [6.45, 7) is 6.63. The van der Waals surface area contributed by atoms with Crippen molar-refractivity contribution in [3.63, 3.8) is 0 Å². The molecule has 0 atom stereocenters. The van der Waals surface area contributed by atoms with Gasteiger partial charge in [0.25, 0.3) is 0 Å². The predicted octanol–water partition coefficient (Wildman–Crippen LogP) is 5.51. The van der Waals surface area contributed by atoms with E-state index in [1.54, 1.807) is 31.6 Å². The highest BCUT2D eigenvalue weighted by molar-refractivity contribution is 7.07. The molecule has 0 N–H and O–H groups in total. The Morgan fingerprint density at radius 2 is 2.03 bits per heavy atom. The Balaban J connectivity index is 2.01. The first-order valence-corrected chi connectivity index (χ1v) is 11.2. The Bertz CT molecular complexity index is 916. The van der Waals surface area contributed by atoms with E-state index in [2.05, 4.69) is 23.9 Å². The molecule has 0 aliphatic heterocycles. The number of aromatic nitrogens is 1. The van der Waals surface area contributed by atoms with Crippen LogP contribution in [0.15, 0.2) is 46.3 Å². The molecule has 5 nitrogen and oxygen atoms in total. The van der Waals surface area contributed by atoms with E-state index in [0.717, 1.165) is 46.3 Å². The first-order chi connectivity index (χ1) is 14.2. The van der Waals surface area contributed by atoms with Gasteiger partial charge in [-0.15, -0.1) is 17.9 Å². The zero-order valence-electron chi connectivity index (χ0n) is 17.7. The number of hydrogen-bond acceptors (Lipinski definition) is 5. The van der Waals surface area contributed by atoms with Crippen LogP contribution in [0.4, 0.5) is 0 Å². The summed E-state index contributed by atoms with van der Waals surface area (Å²) in [4.78, 5) is 5.54. The van der Waals surface area contributed by atoms with Crippen LogP contribution in [0.25, 0.3) is 11.3 Å². The van der Waals surface area contributed by atoms with E-state index in [1.165, 1.54) is 31.4 Å². The van der Waals surface area contributed by atoms with E-state index in [9.17, 15) is 0 Å². The first kappa shape index (κ1) is 21.4. The van der Waals surface area contributed by atoms with Crippen LogP contribution >= 0.6 is 11.3 Å². The first-order valence-electron chi connectivity index (χ1n) is 10.3. The van der Waals surface area contributed by atoms with Crippen molar-refractivity contribution in [1.82, 2.24) is 4.68 Å². The minimum atomic E-state index is 0.573. The second-order valence-electron chi connectivity index (χ2n) is 7.31. The summed E-state index contributed by atoms with van der Waals surface area (Å²) in [5.41, 5.74) is 3.22. The lowest BCUT2D eigenvalue weighted by atomic mass is 9.85. The highest BCUT2D eigenvalue weighted by Gasteiger charge is 2.19. The van der Waals surface area contributed by atoms with Gasteiger partial charge in [0, 0.05) is 22.7 Å². The molecule has 0 bridgehead atoms. The van der Waals surface area contributed by atoms with E-state index >= 15 is 0 Å². The fourth-order valence-electron chi connectivity index (χ4n) is 3.79. The van der Waals surface area contributed by atoms with Crippen LogP contribution in [0.2, 0.25) is 0 Å². The van der Waals surface area contributed by atoms with Crippen molar-refractivity contribution in [1.29, 1.82) is 0 Å². The Labute approximate surface area is 177 Å². The average Bonchev–Trinajstić information content (AvgIpc) is 3.15. The number of thiazole rings is 1. The zero-order valence-corrected chi connectivity index (χ0v) is 18.5. The lowest BCUT2D eigenvalue weighted by Crippen LogP contribution is -2.19. The molecule has 1 aliphatic rings. The lowest BCUT2D eigenvalue weighted by Gasteiger charge is -2.22. The Morgan fingerprint density at radius 1 is 1.24 bits per heavy atom. The van der Waals surface area contributed by atoms with Gasteiger partial charge in [0.05, 0.1) is 26.5 Å². The van der Waals surface area contributed by atoms with Gasteiger partial charge in [0.1, 0.15) is 11.5 Å². The van der Waals surface area contributed by atoms with Crippen molar-refractivity contribution in [3.05, 3.63) is 41.0 Å². The van der Waals surface area contributed by atoms with Crippen LogP contribution in [-0.2, 0) is 0 Å². The maximum absolute atomic E-state index is 5.63. The van der Waals surface area contributed by atoms with Gasteiger partial charge in [-0.25, -0.2) is 4.68 Å². The molecule has 0 amide bonds. The summed E-state index contributed by atoms with van der Waals surface area (Å²) in [6, 6.07) is 5.87. The molecule has 6 heteroatoms. The number of methoxy groups -OCH3 is 2. The molecule has 0 saturated heterocycles. The Kier molecular flexibility index (Phi) is 7.69. The molecule has 0 unspecified atom stereocenters. The van der Waals surface area contributed by atoms with Gasteiger partial charge >= 0.3 is 0 Å². The third-order valence-electron chi connectivity index (χ3n) is 5.35. The fraction of sp³-hybridized carbons (Fsp3) is 0.478. The predicted molar refractivity (Wildman–Crippen MR) is 121 cm³/mol. The summed E-state index contributed by atoms with van der Waals surface area (Å²) in [6.07, 6.45) is 8.99. The van der Waals surface area contributed by atoms with Gasteiger partial charge in [-0.2, -0.15) is 5.10 Å². The van der Waals surface area contributed by atoms with Crippen molar-refractivity contribution in [2.75, 3.05) is 20.8 Å². The normalized spacial score (nSPS) is 17.3. The van der Waals surface area contributed by atoms with E-state index < -0.39 is 0 Å². The van der Waals surface area contributed by atoms with Gasteiger partial charge in [-0.1, -0.05) is 25.8 Å². The lowest BCUT2D eigenvalue weighted by molar-refractivity contribution is 0.395. The molecular weight excluding hydrogens is 382 g/mol. The zero-order chi connectivity index (χ0) is 20.6. The van der Waals surface area contributed by atoms with Crippen LogP contribution < -0.4 is 14.3 Å². The molecule has 1 aromatic carbocycles. The summed E-state index contributed by atoms with van der Waals surface area (Å²) in [5, 5.41) is 7.14. The van der Waals surface area contributed by atoms with Crippen molar-refractivity contribution < 1.29 is 9.47 Å². The number of hydrogen-bond donors (Lipinski definition) is 0. The summed E-state index contributed by atoms with van der Waals surface area (Å²) >= 11 is 1.59. The van der Waals surface area contributed by atoms with Crippen molar-refractivity contribution >= 4 is 17.0 Å². The molecule has 3 rings (SSSR count). The third kappa shape index (κ3) is 5.18. The Morgan fingerprint density at radius 3 is 2.69 bits per heavy atom. The summed E-state index contributed by atoms with van der Waals surface area (Å²) < 4.78 is 13.0. The van der Waals surface area contributed by atoms with Crippen molar-refractivity contribution in [2.24, 2.45) is 16.0 Å². The minimum absolute atomic E-state index is 0.573. The number of ether oxygens (including phenoxy) is 2. The van der Waals surface area contributed by atoms with E-state index in [0.29, 0.717) is 6.54 Å². The van der Waals surface area contributed by atoms with Gasteiger partial charge in [0.2, 0.25) is 4.80 Å². The highest BCUT2D eigenvalue weighted by Crippen LogP contribution is 2.34. The number of benzene rings is 1. The molecule has 1 aliphatic carbocycles. The molecule has 2 aromatic rings.